The summed E-state index contributed by atoms with van der Waals surface area (Å²) in [6.45, 7) is 9.87. The summed E-state index contributed by atoms with van der Waals surface area (Å²) in [5, 5.41) is 32.0. The molecular formula is C25H33N3O5S. The zero-order valence-electron chi connectivity index (χ0n) is 20.3. The van der Waals surface area contributed by atoms with Gasteiger partial charge in [0.1, 0.15) is 25.1 Å². The van der Waals surface area contributed by atoms with Crippen molar-refractivity contribution in [1.29, 1.82) is 0 Å². The van der Waals surface area contributed by atoms with Crippen molar-refractivity contribution in [2.45, 2.75) is 53.6 Å². The maximum absolute atomic E-state index is 11.1. The van der Waals surface area contributed by atoms with Crippen LogP contribution in [-0.4, -0.2) is 52.2 Å². The van der Waals surface area contributed by atoms with Crippen LogP contribution >= 0.6 is 11.3 Å². The fraction of sp³-hybridized carbons (Fsp3) is 0.480. The van der Waals surface area contributed by atoms with E-state index < -0.39 is 18.6 Å². The van der Waals surface area contributed by atoms with E-state index >= 15 is 0 Å². The van der Waals surface area contributed by atoms with E-state index in [-0.39, 0.29) is 13.2 Å². The van der Waals surface area contributed by atoms with Gasteiger partial charge in [-0.15, -0.1) is 21.5 Å². The molecule has 8 nitrogen and oxygen atoms in total. The predicted molar refractivity (Wildman–Crippen MR) is 132 cm³/mol. The number of nitrogens with zero attached hydrogens (tertiary/aromatic N) is 2. The van der Waals surface area contributed by atoms with Crippen molar-refractivity contribution < 1.29 is 24.2 Å². The molecule has 34 heavy (non-hydrogen) atoms. The van der Waals surface area contributed by atoms with Crippen LogP contribution in [0.1, 0.15) is 43.0 Å². The molecule has 0 saturated heterocycles. The zero-order chi connectivity index (χ0) is 24.8. The van der Waals surface area contributed by atoms with Gasteiger partial charge >= 0.3 is 0 Å². The second-order valence-corrected chi connectivity index (χ2v) is 9.67. The summed E-state index contributed by atoms with van der Waals surface area (Å²) in [7, 11) is 0. The van der Waals surface area contributed by atoms with Gasteiger partial charge in [0.25, 0.3) is 5.89 Å². The third-order valence-electron chi connectivity index (χ3n) is 5.47. The molecule has 0 radical (unpaired) electrons. The average Bonchev–Trinajstić information content (AvgIpc) is 3.43. The highest BCUT2D eigenvalue weighted by atomic mass is 32.1. The zero-order valence-corrected chi connectivity index (χ0v) is 21.2. The fourth-order valence-electron chi connectivity index (χ4n) is 3.70. The maximum atomic E-state index is 11.1. The number of rotatable bonds is 11. The maximum Gasteiger partial charge on any atom is 0.258 e. The van der Waals surface area contributed by atoms with E-state index in [1.807, 2.05) is 26.0 Å². The van der Waals surface area contributed by atoms with Crippen molar-refractivity contribution in [3.8, 4) is 28.0 Å². The van der Waals surface area contributed by atoms with Gasteiger partial charge in [-0.3, -0.25) is 4.79 Å². The number of amides is 1. The van der Waals surface area contributed by atoms with Crippen molar-refractivity contribution in [2.75, 3.05) is 19.8 Å². The molecule has 0 bridgehead atoms. The van der Waals surface area contributed by atoms with Gasteiger partial charge in [-0.2, -0.15) is 0 Å². The number of thiophene rings is 1. The second-order valence-electron chi connectivity index (χ2n) is 8.79. The van der Waals surface area contributed by atoms with Crippen molar-refractivity contribution in [1.82, 2.24) is 15.5 Å². The first-order valence-corrected chi connectivity index (χ1v) is 12.3. The molecule has 0 aliphatic rings. The molecule has 0 fully saturated rings. The third kappa shape index (κ3) is 6.22. The fourth-order valence-corrected chi connectivity index (χ4v) is 4.73. The minimum Gasteiger partial charge on any atom is -0.490 e. The van der Waals surface area contributed by atoms with Gasteiger partial charge in [-0.05, 0) is 72.4 Å². The molecule has 0 aliphatic heterocycles. The number of aliphatic hydroxyl groups excluding tert-OH is 2. The van der Waals surface area contributed by atoms with Gasteiger partial charge < -0.3 is 24.7 Å². The number of nitrogens with one attached hydrogen (secondary N) is 1. The Morgan fingerprint density at radius 3 is 2.62 bits per heavy atom. The van der Waals surface area contributed by atoms with Crippen LogP contribution in [0.2, 0.25) is 0 Å². The largest absolute Gasteiger partial charge is 0.490 e. The van der Waals surface area contributed by atoms with E-state index in [1.165, 1.54) is 11.1 Å². The van der Waals surface area contributed by atoms with Crippen molar-refractivity contribution >= 4 is 17.2 Å². The Hall–Kier alpha value is -2.75. The number of aromatic nitrogens is 2. The molecule has 2 heterocycles. The van der Waals surface area contributed by atoms with E-state index in [4.69, 9.17) is 14.3 Å². The molecule has 2 aromatic heterocycles. The van der Waals surface area contributed by atoms with E-state index in [0.29, 0.717) is 29.9 Å². The van der Waals surface area contributed by atoms with Crippen LogP contribution in [-0.2, 0) is 17.6 Å². The molecular weight excluding hydrogens is 454 g/mol. The van der Waals surface area contributed by atoms with Crippen LogP contribution in [0.3, 0.4) is 0 Å². The van der Waals surface area contributed by atoms with Crippen LogP contribution < -0.4 is 10.1 Å². The molecule has 3 N–H and O–H groups in total. The topological polar surface area (TPSA) is 118 Å². The SMILES string of the molecule is CCc1cc(-c2nnc(-c3scc(CC(C)C)c3C)o2)cc(C)c1OC[C@@H](O)CNC(=O)CO. The number of benzene rings is 1. The third-order valence-corrected chi connectivity index (χ3v) is 6.59. The highest BCUT2D eigenvalue weighted by molar-refractivity contribution is 7.13. The first-order valence-electron chi connectivity index (χ1n) is 11.5. The molecule has 0 saturated carbocycles. The minimum atomic E-state index is -0.896. The molecule has 1 amide bonds. The van der Waals surface area contributed by atoms with E-state index in [2.05, 4.69) is 41.7 Å². The lowest BCUT2D eigenvalue weighted by atomic mass is 10.0. The lowest BCUT2D eigenvalue weighted by molar-refractivity contribution is -0.124. The Bertz CT molecular complexity index is 1120. The Morgan fingerprint density at radius 1 is 1.21 bits per heavy atom. The Kier molecular flexibility index (Phi) is 8.82. The van der Waals surface area contributed by atoms with Gasteiger partial charge in [0.15, 0.2) is 0 Å². The second kappa shape index (κ2) is 11.6. The van der Waals surface area contributed by atoms with Gasteiger partial charge in [-0.25, -0.2) is 0 Å². The first kappa shape index (κ1) is 25.9. The quantitative estimate of drug-likeness (QED) is 0.377. The molecule has 1 aromatic carbocycles. The summed E-state index contributed by atoms with van der Waals surface area (Å²) in [4.78, 5) is 12.1. The van der Waals surface area contributed by atoms with Crippen LogP contribution in [0.4, 0.5) is 0 Å². The van der Waals surface area contributed by atoms with Gasteiger partial charge in [0.2, 0.25) is 11.8 Å². The normalized spacial score (nSPS) is 12.2. The minimum absolute atomic E-state index is 0.00373. The van der Waals surface area contributed by atoms with E-state index in [9.17, 15) is 9.90 Å². The summed E-state index contributed by atoms with van der Waals surface area (Å²) >= 11 is 1.63. The van der Waals surface area contributed by atoms with Crippen molar-refractivity contribution in [2.24, 2.45) is 5.92 Å². The smallest absolute Gasteiger partial charge is 0.258 e. The van der Waals surface area contributed by atoms with Gasteiger partial charge in [-0.1, -0.05) is 20.8 Å². The van der Waals surface area contributed by atoms with Crippen LogP contribution in [0.25, 0.3) is 22.2 Å². The molecule has 0 spiro atoms. The van der Waals surface area contributed by atoms with Gasteiger partial charge in [0, 0.05) is 12.1 Å². The number of carbonyl (C=O) groups is 1. The summed E-state index contributed by atoms with van der Waals surface area (Å²) < 4.78 is 11.9. The van der Waals surface area contributed by atoms with E-state index in [0.717, 1.165) is 28.0 Å². The molecule has 1 atom stereocenters. The van der Waals surface area contributed by atoms with Gasteiger partial charge in [0.05, 0.1) is 4.88 Å². The monoisotopic (exact) mass is 487 g/mol. The van der Waals surface area contributed by atoms with E-state index in [1.54, 1.807) is 11.3 Å². The van der Waals surface area contributed by atoms with Crippen molar-refractivity contribution in [3.05, 3.63) is 39.8 Å². The average molecular weight is 488 g/mol. The number of hydrogen-bond acceptors (Lipinski definition) is 8. The highest BCUT2D eigenvalue weighted by Gasteiger charge is 2.19. The molecule has 0 aliphatic carbocycles. The summed E-state index contributed by atoms with van der Waals surface area (Å²) in [5.41, 5.74) is 5.16. The van der Waals surface area contributed by atoms with Crippen LogP contribution in [0.5, 0.6) is 5.75 Å². The number of carbonyl (C=O) groups excluding carboxylic acids is 1. The molecule has 0 unspecified atom stereocenters. The highest BCUT2D eigenvalue weighted by Crippen LogP contribution is 2.36. The Labute approximate surface area is 204 Å². The predicted octanol–water partition coefficient (Wildman–Crippen LogP) is 3.69. The number of aryl methyl sites for hydroxylation is 2. The lowest BCUT2D eigenvalue weighted by Crippen LogP contribution is -2.36. The summed E-state index contributed by atoms with van der Waals surface area (Å²) in [6, 6.07) is 3.89. The van der Waals surface area contributed by atoms with Crippen LogP contribution in [0, 0.1) is 19.8 Å². The van der Waals surface area contributed by atoms with Crippen molar-refractivity contribution in [3.63, 3.8) is 0 Å². The lowest BCUT2D eigenvalue weighted by Gasteiger charge is -2.17. The number of hydrogen-bond donors (Lipinski definition) is 3. The standard InChI is InChI=1S/C25H33N3O5S/c1-6-17-9-18(8-15(4)22(17)32-12-20(30)10-26-21(31)11-29)24-27-28-25(33-24)23-16(5)19(13-34-23)7-14(2)3/h8-9,13-14,20,29-30H,6-7,10-12H2,1-5H3,(H,26,31)/t20-/m0/s1. The summed E-state index contributed by atoms with van der Waals surface area (Å²) in [5.74, 6) is 1.70. The molecule has 3 rings (SSSR count). The molecule has 9 heteroatoms. The Balaban J connectivity index is 1.77. The molecule has 184 valence electrons. The number of ether oxygens (including phenoxy) is 1. The first-order chi connectivity index (χ1) is 16.2. The molecule has 3 aromatic rings. The number of aliphatic hydroxyl groups is 2. The summed E-state index contributed by atoms with van der Waals surface area (Å²) in [6.07, 6.45) is 0.838. The Morgan fingerprint density at radius 2 is 1.94 bits per heavy atom. The van der Waals surface area contributed by atoms with Crippen LogP contribution in [0.15, 0.2) is 21.9 Å².